The number of pyridine rings is 1. The van der Waals surface area contributed by atoms with Crippen LogP contribution in [-0.4, -0.2) is 41.9 Å². The summed E-state index contributed by atoms with van der Waals surface area (Å²) in [6, 6.07) is 17.0. The summed E-state index contributed by atoms with van der Waals surface area (Å²) in [5, 5.41) is 12.6. The molecule has 3 aromatic rings. The smallest absolute Gasteiger partial charge is 0.320 e. The molecule has 0 bridgehead atoms. The molecule has 7 heteroatoms. The first kappa shape index (κ1) is 18.9. The van der Waals surface area contributed by atoms with Gasteiger partial charge in [0.15, 0.2) is 6.20 Å². The molecule has 3 heterocycles. The first-order chi connectivity index (χ1) is 13.6. The summed E-state index contributed by atoms with van der Waals surface area (Å²) in [7, 11) is 0. The number of carbonyl (C=O) groups is 1. The van der Waals surface area contributed by atoms with Crippen molar-refractivity contribution in [3.63, 3.8) is 0 Å². The first-order valence-electron chi connectivity index (χ1n) is 9.15. The maximum atomic E-state index is 12.6. The van der Waals surface area contributed by atoms with Crippen LogP contribution >= 0.6 is 22.9 Å². The zero-order valence-corrected chi connectivity index (χ0v) is 16.8. The van der Waals surface area contributed by atoms with Gasteiger partial charge in [0.1, 0.15) is 0 Å². The lowest BCUT2D eigenvalue weighted by atomic mass is 10.2. The van der Waals surface area contributed by atoms with Crippen LogP contribution in [0.25, 0.3) is 10.4 Å². The quantitative estimate of drug-likeness (QED) is 0.484. The van der Waals surface area contributed by atoms with Gasteiger partial charge in [-0.1, -0.05) is 29.8 Å². The lowest BCUT2D eigenvalue weighted by Crippen LogP contribution is -2.50. The molecule has 5 nitrogen and oxygen atoms in total. The first-order valence-corrected chi connectivity index (χ1v) is 10.3. The predicted octanol–water partition coefficient (Wildman–Crippen LogP) is 3.66. The SMILES string of the molecule is O=C(c1cccc[n+]1[O-])N1CCN(Cc2ccc(-c3ccccc3Cl)s2)CC1. The summed E-state index contributed by atoms with van der Waals surface area (Å²) >= 11 is 8.05. The number of hydrogen-bond acceptors (Lipinski definition) is 4. The van der Waals surface area contributed by atoms with Crippen LogP contribution in [0.4, 0.5) is 0 Å². The fourth-order valence-electron chi connectivity index (χ4n) is 3.35. The van der Waals surface area contributed by atoms with Crippen LogP contribution in [0.3, 0.4) is 0 Å². The van der Waals surface area contributed by atoms with Gasteiger partial charge < -0.3 is 10.1 Å². The Morgan fingerprint density at radius 1 is 1.04 bits per heavy atom. The van der Waals surface area contributed by atoms with E-state index in [2.05, 4.69) is 17.0 Å². The Balaban J connectivity index is 1.36. The molecule has 0 unspecified atom stereocenters. The summed E-state index contributed by atoms with van der Waals surface area (Å²) in [5.74, 6) is -0.202. The van der Waals surface area contributed by atoms with E-state index in [4.69, 9.17) is 11.6 Å². The van der Waals surface area contributed by atoms with Crippen LogP contribution in [-0.2, 0) is 6.54 Å². The van der Waals surface area contributed by atoms with Crippen molar-refractivity contribution in [3.8, 4) is 10.4 Å². The molecule has 4 rings (SSSR count). The average molecular weight is 414 g/mol. The van der Waals surface area contributed by atoms with Crippen LogP contribution in [0, 0.1) is 5.21 Å². The van der Waals surface area contributed by atoms with E-state index in [9.17, 15) is 10.0 Å². The minimum Gasteiger partial charge on any atom is -0.618 e. The highest BCUT2D eigenvalue weighted by Gasteiger charge is 2.26. The minimum absolute atomic E-state index is 0.179. The molecule has 0 N–H and O–H groups in total. The Labute approximate surface area is 173 Å². The molecule has 1 saturated heterocycles. The molecule has 0 aliphatic carbocycles. The Bertz CT molecular complexity index is 983. The topological polar surface area (TPSA) is 50.5 Å². The number of aromatic nitrogens is 1. The standard InChI is InChI=1S/C21H20ClN3O2S/c22-18-6-2-1-5-17(18)20-9-8-16(28-20)15-23-11-13-24(14-12-23)21(26)19-7-3-4-10-25(19)27/h1-10H,11-15H2. The zero-order valence-electron chi connectivity index (χ0n) is 15.3. The van der Waals surface area contributed by atoms with Gasteiger partial charge in [0.2, 0.25) is 0 Å². The second-order valence-electron chi connectivity index (χ2n) is 6.73. The van der Waals surface area contributed by atoms with Crippen molar-refractivity contribution in [2.45, 2.75) is 6.54 Å². The molecule has 2 aromatic heterocycles. The van der Waals surface area contributed by atoms with E-state index in [0.717, 1.165) is 30.2 Å². The molecule has 144 valence electrons. The van der Waals surface area contributed by atoms with E-state index < -0.39 is 0 Å². The Hall–Kier alpha value is -2.41. The lowest BCUT2D eigenvalue weighted by Gasteiger charge is -2.33. The van der Waals surface area contributed by atoms with Crippen LogP contribution in [0.2, 0.25) is 5.02 Å². The van der Waals surface area contributed by atoms with Crippen molar-refractivity contribution in [3.05, 3.63) is 81.6 Å². The summed E-state index contributed by atoms with van der Waals surface area (Å²) < 4.78 is 0.636. The number of halogens is 1. The number of carbonyl (C=O) groups excluding carboxylic acids is 1. The highest BCUT2D eigenvalue weighted by atomic mass is 35.5. The van der Waals surface area contributed by atoms with Crippen molar-refractivity contribution in [2.75, 3.05) is 26.2 Å². The normalized spacial score (nSPS) is 15.0. The van der Waals surface area contributed by atoms with Gasteiger partial charge in [-0.2, -0.15) is 4.73 Å². The lowest BCUT2D eigenvalue weighted by molar-refractivity contribution is -0.608. The molecule has 1 fully saturated rings. The monoisotopic (exact) mass is 413 g/mol. The van der Waals surface area contributed by atoms with Crippen molar-refractivity contribution in [1.29, 1.82) is 0 Å². The predicted molar refractivity (Wildman–Crippen MR) is 111 cm³/mol. The van der Waals surface area contributed by atoms with Crippen molar-refractivity contribution in [1.82, 2.24) is 9.80 Å². The van der Waals surface area contributed by atoms with E-state index in [1.54, 1.807) is 34.4 Å². The van der Waals surface area contributed by atoms with Crippen LogP contribution in [0.5, 0.6) is 0 Å². The fourth-order valence-corrected chi connectivity index (χ4v) is 4.74. The molecule has 28 heavy (non-hydrogen) atoms. The second-order valence-corrected chi connectivity index (χ2v) is 8.30. The minimum atomic E-state index is -0.202. The summed E-state index contributed by atoms with van der Waals surface area (Å²) in [6.07, 6.45) is 1.36. The molecular weight excluding hydrogens is 394 g/mol. The van der Waals surface area contributed by atoms with Crippen molar-refractivity contribution in [2.24, 2.45) is 0 Å². The number of thiophene rings is 1. The van der Waals surface area contributed by atoms with Gasteiger partial charge in [-0.3, -0.25) is 9.69 Å². The Morgan fingerprint density at radius 3 is 2.54 bits per heavy atom. The molecule has 0 spiro atoms. The highest BCUT2D eigenvalue weighted by molar-refractivity contribution is 7.15. The van der Waals surface area contributed by atoms with E-state index in [1.807, 2.05) is 24.3 Å². The number of hydrogen-bond donors (Lipinski definition) is 0. The third-order valence-corrected chi connectivity index (χ3v) is 6.32. The van der Waals surface area contributed by atoms with Crippen molar-refractivity contribution >= 4 is 28.8 Å². The fraction of sp³-hybridized carbons (Fsp3) is 0.238. The van der Waals surface area contributed by atoms with Gasteiger partial charge in [0.25, 0.3) is 5.69 Å². The Morgan fingerprint density at radius 2 is 1.79 bits per heavy atom. The summed E-state index contributed by atoms with van der Waals surface area (Å²) in [4.78, 5) is 19.1. The zero-order chi connectivity index (χ0) is 19.5. The third kappa shape index (κ3) is 4.04. The molecule has 1 aromatic carbocycles. The Kier molecular flexibility index (Phi) is 5.62. The number of rotatable bonds is 4. The summed E-state index contributed by atoms with van der Waals surface area (Å²) in [6.45, 7) is 3.67. The van der Waals surface area contributed by atoms with Gasteiger partial charge in [0, 0.05) is 65.2 Å². The van der Waals surface area contributed by atoms with Crippen LogP contribution in [0.1, 0.15) is 15.4 Å². The van der Waals surface area contributed by atoms with Crippen LogP contribution < -0.4 is 4.73 Å². The molecular formula is C21H20ClN3O2S. The molecule has 1 aliphatic rings. The number of piperazine rings is 1. The van der Waals surface area contributed by atoms with Gasteiger partial charge in [-0.15, -0.1) is 11.3 Å². The van der Waals surface area contributed by atoms with E-state index >= 15 is 0 Å². The van der Waals surface area contributed by atoms with Gasteiger partial charge in [0.05, 0.1) is 0 Å². The summed E-state index contributed by atoms with van der Waals surface area (Å²) in [5.41, 5.74) is 1.24. The van der Waals surface area contributed by atoms with E-state index in [0.29, 0.717) is 17.8 Å². The van der Waals surface area contributed by atoms with Gasteiger partial charge >= 0.3 is 5.91 Å². The third-order valence-electron chi connectivity index (χ3n) is 4.88. The van der Waals surface area contributed by atoms with Crippen molar-refractivity contribution < 1.29 is 9.52 Å². The van der Waals surface area contributed by atoms with E-state index in [1.165, 1.54) is 16.0 Å². The largest absolute Gasteiger partial charge is 0.618 e. The average Bonchev–Trinajstić information content (AvgIpc) is 3.17. The maximum Gasteiger partial charge on any atom is 0.320 e. The molecule has 0 radical (unpaired) electrons. The highest BCUT2D eigenvalue weighted by Crippen LogP contribution is 2.33. The van der Waals surface area contributed by atoms with E-state index in [-0.39, 0.29) is 11.6 Å². The number of benzene rings is 1. The molecule has 0 saturated carbocycles. The second kappa shape index (κ2) is 8.31. The number of nitrogens with zero attached hydrogens (tertiary/aromatic N) is 3. The molecule has 1 aliphatic heterocycles. The van der Waals surface area contributed by atoms with Gasteiger partial charge in [-0.25, -0.2) is 0 Å². The van der Waals surface area contributed by atoms with Gasteiger partial charge in [-0.05, 0) is 24.3 Å². The van der Waals surface area contributed by atoms with Crippen LogP contribution in [0.15, 0.2) is 60.8 Å². The molecule has 1 amide bonds. The molecule has 0 atom stereocenters. The number of amides is 1. The maximum absolute atomic E-state index is 12.6.